The molecule has 0 N–H and O–H groups in total. The van der Waals surface area contributed by atoms with Crippen molar-refractivity contribution < 1.29 is 0 Å². The molecule has 0 fully saturated rings. The number of hydrogen-bond donors (Lipinski definition) is 0. The van der Waals surface area contributed by atoms with Crippen molar-refractivity contribution in [3.63, 3.8) is 0 Å². The quantitative estimate of drug-likeness (QED) is 0.441. The Labute approximate surface area is 140 Å². The van der Waals surface area contributed by atoms with Gasteiger partial charge in [0.15, 0.2) is 0 Å². The van der Waals surface area contributed by atoms with Crippen LogP contribution in [0.25, 0.3) is 0 Å². The second-order valence-corrected chi connectivity index (χ2v) is 13.6. The minimum atomic E-state index is 1.21. The molecule has 8 heteroatoms. The van der Waals surface area contributed by atoms with E-state index in [0.717, 1.165) is 0 Å². The Hall–Kier alpha value is 2.02. The van der Waals surface area contributed by atoms with E-state index in [2.05, 4.69) is 0 Å². The first kappa shape index (κ1) is 13.7. The first-order valence-electron chi connectivity index (χ1n) is 5.32. The lowest BCUT2D eigenvalue weighted by molar-refractivity contribution is 1.56. The van der Waals surface area contributed by atoms with Crippen molar-refractivity contribution in [2.24, 2.45) is 0 Å². The zero-order chi connectivity index (χ0) is 11.9. The molecule has 0 bridgehead atoms. The molecule has 0 saturated heterocycles. The minimum absolute atomic E-state index is 1.21. The van der Waals surface area contributed by atoms with Gasteiger partial charge in [-0.25, -0.2) is 0 Å². The van der Waals surface area contributed by atoms with Crippen molar-refractivity contribution in [2.75, 3.05) is 23.0 Å². The van der Waals surface area contributed by atoms with Gasteiger partial charge < -0.3 is 0 Å². The zero-order valence-electron chi connectivity index (χ0n) is 9.09. The lowest BCUT2D eigenvalue weighted by atomic mass is 10.6. The fourth-order valence-electron chi connectivity index (χ4n) is 1.65. The summed E-state index contributed by atoms with van der Waals surface area (Å²) < 4.78 is 6.22. The molecular formula is C10H8S8. The van der Waals surface area contributed by atoms with E-state index < -0.39 is 0 Å². The fraction of sp³-hybridized carbons (Fsp3) is 0.400. The van der Waals surface area contributed by atoms with E-state index in [1.807, 2.05) is 92.2 Å². The van der Waals surface area contributed by atoms with E-state index in [0.29, 0.717) is 0 Å². The molecule has 0 unspecified atom stereocenters. The van der Waals surface area contributed by atoms with Crippen LogP contribution in [0.4, 0.5) is 0 Å². The Kier molecular flexibility index (Phi) is 4.57. The third-order valence-electron chi connectivity index (χ3n) is 2.46. The third-order valence-corrected chi connectivity index (χ3v) is 14.0. The highest BCUT2D eigenvalue weighted by Gasteiger charge is 2.32. The van der Waals surface area contributed by atoms with E-state index in [4.69, 9.17) is 0 Å². The van der Waals surface area contributed by atoms with Crippen LogP contribution in [0.15, 0.2) is 26.8 Å². The monoisotopic (exact) mass is 384 g/mol. The summed E-state index contributed by atoms with van der Waals surface area (Å²) in [6, 6.07) is 0. The molecule has 0 spiro atoms. The van der Waals surface area contributed by atoms with Crippen LogP contribution in [-0.4, -0.2) is 23.0 Å². The van der Waals surface area contributed by atoms with Crippen LogP contribution in [-0.2, 0) is 0 Å². The normalized spacial score (nSPS) is 28.0. The fourth-order valence-corrected chi connectivity index (χ4v) is 13.7. The van der Waals surface area contributed by atoms with Crippen molar-refractivity contribution in [1.82, 2.24) is 0 Å². The molecule has 0 aromatic rings. The summed E-state index contributed by atoms with van der Waals surface area (Å²) in [6.07, 6.45) is 0. The van der Waals surface area contributed by atoms with E-state index in [1.165, 1.54) is 23.0 Å². The number of thioether (sulfide) groups is 6. The van der Waals surface area contributed by atoms with Gasteiger partial charge in [-0.3, -0.25) is 0 Å². The van der Waals surface area contributed by atoms with Gasteiger partial charge in [-0.05, 0) is 0 Å². The largest absolute Gasteiger partial charge is 0.116 e. The Morgan fingerprint density at radius 1 is 0.556 bits per heavy atom. The third kappa shape index (κ3) is 2.69. The van der Waals surface area contributed by atoms with Gasteiger partial charge >= 0.3 is 0 Å². The standard InChI is InChI=1S/C10H8S8/c1-2-12-8-7(11-1)17-10(18-8)9-15-5-3-13-14-4-6(5)16-9/h1-4H2. The van der Waals surface area contributed by atoms with Crippen molar-refractivity contribution in [3.8, 4) is 0 Å². The maximum atomic E-state index is 2.05. The lowest BCUT2D eigenvalue weighted by Crippen LogP contribution is -1.90. The molecule has 18 heavy (non-hydrogen) atoms. The predicted molar refractivity (Wildman–Crippen MR) is 101 cm³/mol. The van der Waals surface area contributed by atoms with Crippen molar-refractivity contribution in [1.29, 1.82) is 0 Å². The summed E-state index contributed by atoms with van der Waals surface area (Å²) >= 11 is 12.2. The van der Waals surface area contributed by atoms with Crippen molar-refractivity contribution in [3.05, 3.63) is 26.8 Å². The molecule has 96 valence electrons. The summed E-state index contributed by atoms with van der Waals surface area (Å²) in [6.45, 7) is 0. The maximum absolute atomic E-state index is 2.05. The molecule has 4 aliphatic rings. The first-order valence-corrected chi connectivity index (χ1v) is 13.0. The second-order valence-electron chi connectivity index (χ2n) is 3.63. The Morgan fingerprint density at radius 3 is 1.61 bits per heavy atom. The smallest absolute Gasteiger partial charge is 0.0717 e. The summed E-state index contributed by atoms with van der Waals surface area (Å²) in [5.41, 5.74) is 0. The predicted octanol–water partition coefficient (Wildman–Crippen LogP) is 6.29. The maximum Gasteiger partial charge on any atom is 0.0717 e. The van der Waals surface area contributed by atoms with Gasteiger partial charge in [0.1, 0.15) is 0 Å². The molecule has 0 aromatic carbocycles. The molecule has 0 aromatic heterocycles. The molecule has 0 radical (unpaired) electrons. The highest BCUT2D eigenvalue weighted by molar-refractivity contribution is 8.77. The topological polar surface area (TPSA) is 0 Å². The van der Waals surface area contributed by atoms with Crippen LogP contribution in [0.5, 0.6) is 0 Å². The van der Waals surface area contributed by atoms with Crippen LogP contribution in [0.3, 0.4) is 0 Å². The molecular weight excluding hydrogens is 377 g/mol. The molecule has 4 aliphatic heterocycles. The number of rotatable bonds is 0. The minimum Gasteiger partial charge on any atom is -0.116 e. The Morgan fingerprint density at radius 2 is 1.06 bits per heavy atom. The second kappa shape index (κ2) is 6.02. The highest BCUT2D eigenvalue weighted by Crippen LogP contribution is 2.65. The van der Waals surface area contributed by atoms with Crippen LogP contribution in [0.2, 0.25) is 0 Å². The first-order chi connectivity index (χ1) is 8.90. The van der Waals surface area contributed by atoms with Gasteiger partial charge in [0.05, 0.1) is 16.9 Å². The SMILES string of the molecule is C1CSC2=C(S1)SC(=C1SC3=C(CSSC3)S1)S2. The van der Waals surface area contributed by atoms with Crippen molar-refractivity contribution >= 4 is 92.2 Å². The van der Waals surface area contributed by atoms with E-state index in [1.54, 1.807) is 26.8 Å². The molecule has 0 amide bonds. The van der Waals surface area contributed by atoms with Crippen LogP contribution in [0, 0.1) is 0 Å². The molecule has 4 rings (SSSR count). The van der Waals surface area contributed by atoms with Gasteiger partial charge in [0.2, 0.25) is 0 Å². The average Bonchev–Trinajstić information content (AvgIpc) is 3.02. The van der Waals surface area contributed by atoms with E-state index >= 15 is 0 Å². The van der Waals surface area contributed by atoms with Crippen LogP contribution >= 0.6 is 92.2 Å². The molecule has 0 nitrogen and oxygen atoms in total. The van der Waals surface area contributed by atoms with Crippen LogP contribution < -0.4 is 0 Å². The summed E-state index contributed by atoms with van der Waals surface area (Å²) in [5.74, 6) is 4.98. The Bertz CT molecular complexity index is 404. The van der Waals surface area contributed by atoms with Gasteiger partial charge in [-0.15, -0.1) is 23.5 Å². The highest BCUT2D eigenvalue weighted by atomic mass is 33.1. The summed E-state index contributed by atoms with van der Waals surface area (Å²) in [4.78, 5) is 3.25. The van der Waals surface area contributed by atoms with E-state index in [9.17, 15) is 0 Å². The average molecular weight is 385 g/mol. The van der Waals surface area contributed by atoms with Crippen LogP contribution in [0.1, 0.15) is 0 Å². The molecule has 4 heterocycles. The van der Waals surface area contributed by atoms with Gasteiger partial charge in [-0.2, -0.15) is 0 Å². The Balaban J connectivity index is 1.54. The van der Waals surface area contributed by atoms with Gasteiger partial charge in [0.25, 0.3) is 0 Å². The molecule has 0 saturated carbocycles. The summed E-state index contributed by atoms with van der Waals surface area (Å²) in [7, 11) is 4.01. The lowest BCUT2D eigenvalue weighted by Gasteiger charge is -2.09. The molecule has 0 aliphatic carbocycles. The van der Waals surface area contributed by atoms with E-state index in [-0.39, 0.29) is 0 Å². The van der Waals surface area contributed by atoms with Gasteiger partial charge in [-0.1, -0.05) is 68.6 Å². The summed E-state index contributed by atoms with van der Waals surface area (Å²) in [5, 5.41) is 0. The number of hydrogen-bond acceptors (Lipinski definition) is 8. The van der Waals surface area contributed by atoms with Crippen molar-refractivity contribution in [2.45, 2.75) is 0 Å². The van der Waals surface area contributed by atoms with Gasteiger partial charge in [0, 0.05) is 32.8 Å². The zero-order valence-corrected chi connectivity index (χ0v) is 15.6. The molecule has 0 atom stereocenters.